The van der Waals surface area contributed by atoms with Gasteiger partial charge in [-0.25, -0.2) is 4.79 Å². The van der Waals surface area contributed by atoms with Gasteiger partial charge in [0.1, 0.15) is 11.8 Å². The second-order valence-corrected chi connectivity index (χ2v) is 4.91. The van der Waals surface area contributed by atoms with Gasteiger partial charge < -0.3 is 10.2 Å². The molecule has 3 rings (SSSR count). The highest BCUT2D eigenvalue weighted by atomic mass is 16.4. The molecule has 0 bridgehead atoms. The number of phenols is 1. The summed E-state index contributed by atoms with van der Waals surface area (Å²) in [6.45, 7) is 0. The van der Waals surface area contributed by atoms with E-state index in [0.717, 1.165) is 5.56 Å². The topological polar surface area (TPSA) is 77.8 Å². The van der Waals surface area contributed by atoms with E-state index < -0.39 is 12.0 Å². The average molecular weight is 283 g/mol. The number of phenolic OH excluding ortho intramolecular Hbond substituents is 1. The third-order valence-corrected chi connectivity index (χ3v) is 3.59. The van der Waals surface area contributed by atoms with Gasteiger partial charge in [0.2, 0.25) is 0 Å². The van der Waals surface area contributed by atoms with Crippen molar-refractivity contribution < 1.29 is 19.8 Å². The molecule has 0 radical (unpaired) electrons. The lowest BCUT2D eigenvalue weighted by Gasteiger charge is -2.22. The molecule has 0 saturated heterocycles. The van der Waals surface area contributed by atoms with Crippen LogP contribution in [0.3, 0.4) is 0 Å². The van der Waals surface area contributed by atoms with Gasteiger partial charge in [0.25, 0.3) is 5.91 Å². The fraction of sp³-hybridized carbons (Fsp3) is 0.125. The van der Waals surface area contributed by atoms with E-state index in [4.69, 9.17) is 0 Å². The van der Waals surface area contributed by atoms with Gasteiger partial charge >= 0.3 is 5.97 Å². The van der Waals surface area contributed by atoms with Crippen molar-refractivity contribution in [3.05, 3.63) is 59.7 Å². The SMILES string of the molecule is O=C(O)C1Cc2ccccc2N1C(=O)c1ccc(O)cc1. The van der Waals surface area contributed by atoms with Crippen LogP contribution in [0.15, 0.2) is 48.5 Å². The number of aromatic hydroxyl groups is 1. The van der Waals surface area contributed by atoms with Gasteiger partial charge in [0, 0.05) is 17.7 Å². The molecule has 1 aliphatic heterocycles. The summed E-state index contributed by atoms with van der Waals surface area (Å²) in [5.41, 5.74) is 1.82. The molecule has 0 saturated carbocycles. The Morgan fingerprint density at radius 3 is 2.38 bits per heavy atom. The number of para-hydroxylation sites is 1. The predicted octanol–water partition coefficient (Wildman–Crippen LogP) is 2.05. The van der Waals surface area contributed by atoms with Crippen LogP contribution in [0.25, 0.3) is 0 Å². The van der Waals surface area contributed by atoms with Crippen LogP contribution in [-0.4, -0.2) is 28.1 Å². The number of anilines is 1. The Hall–Kier alpha value is -2.82. The van der Waals surface area contributed by atoms with Gasteiger partial charge in [0.15, 0.2) is 0 Å². The van der Waals surface area contributed by atoms with Crippen molar-refractivity contribution in [2.75, 3.05) is 4.90 Å². The highest BCUT2D eigenvalue weighted by Gasteiger charge is 2.38. The molecule has 5 nitrogen and oxygen atoms in total. The van der Waals surface area contributed by atoms with E-state index in [9.17, 15) is 19.8 Å². The number of fused-ring (bicyclic) bond motifs is 1. The monoisotopic (exact) mass is 283 g/mol. The fourth-order valence-electron chi connectivity index (χ4n) is 2.58. The molecule has 2 aromatic rings. The zero-order valence-corrected chi connectivity index (χ0v) is 11.1. The van der Waals surface area contributed by atoms with Crippen LogP contribution < -0.4 is 4.90 Å². The first kappa shape index (κ1) is 13.2. The van der Waals surface area contributed by atoms with Crippen LogP contribution in [0.4, 0.5) is 5.69 Å². The number of carbonyl (C=O) groups is 2. The van der Waals surface area contributed by atoms with Crippen LogP contribution in [0.5, 0.6) is 5.75 Å². The molecule has 1 aliphatic rings. The molecular weight excluding hydrogens is 270 g/mol. The van der Waals surface area contributed by atoms with Crippen LogP contribution in [0.2, 0.25) is 0 Å². The summed E-state index contributed by atoms with van der Waals surface area (Å²) in [5.74, 6) is -1.35. The summed E-state index contributed by atoms with van der Waals surface area (Å²) < 4.78 is 0. The van der Waals surface area contributed by atoms with Gasteiger partial charge in [-0.15, -0.1) is 0 Å². The molecule has 0 aliphatic carbocycles. The van der Waals surface area contributed by atoms with Crippen LogP contribution in [-0.2, 0) is 11.2 Å². The lowest BCUT2D eigenvalue weighted by atomic mass is 10.1. The lowest BCUT2D eigenvalue weighted by molar-refractivity contribution is -0.138. The zero-order chi connectivity index (χ0) is 15.0. The van der Waals surface area contributed by atoms with Crippen LogP contribution in [0.1, 0.15) is 15.9 Å². The molecule has 5 heteroatoms. The maximum Gasteiger partial charge on any atom is 0.327 e. The molecule has 0 fully saturated rings. The first-order chi connectivity index (χ1) is 10.1. The number of hydrogen-bond acceptors (Lipinski definition) is 3. The Morgan fingerprint density at radius 2 is 1.71 bits per heavy atom. The van der Waals surface area contributed by atoms with E-state index in [1.54, 1.807) is 12.1 Å². The number of aliphatic carboxylic acids is 1. The number of carboxylic acids is 1. The summed E-state index contributed by atoms with van der Waals surface area (Å²) >= 11 is 0. The summed E-state index contributed by atoms with van der Waals surface area (Å²) in [6, 6.07) is 12.1. The largest absolute Gasteiger partial charge is 0.508 e. The van der Waals surface area contributed by atoms with E-state index >= 15 is 0 Å². The number of amides is 1. The standard InChI is InChI=1S/C16H13NO4/c18-12-7-5-10(6-8-12)15(19)17-13-4-2-1-3-11(13)9-14(17)16(20)21/h1-8,14,18H,9H2,(H,20,21). The van der Waals surface area contributed by atoms with Gasteiger partial charge in [0.05, 0.1) is 0 Å². The Morgan fingerprint density at radius 1 is 1.05 bits per heavy atom. The van der Waals surface area contributed by atoms with Gasteiger partial charge in [-0.2, -0.15) is 0 Å². The molecule has 0 aromatic heterocycles. The molecule has 2 aromatic carbocycles. The number of carbonyl (C=O) groups excluding carboxylic acids is 1. The van der Waals surface area contributed by atoms with Gasteiger partial charge in [-0.1, -0.05) is 18.2 Å². The molecule has 1 unspecified atom stereocenters. The van der Waals surface area contributed by atoms with Crippen molar-refractivity contribution in [1.82, 2.24) is 0 Å². The third kappa shape index (κ3) is 2.23. The molecule has 1 heterocycles. The lowest BCUT2D eigenvalue weighted by Crippen LogP contribution is -2.42. The fourth-order valence-corrected chi connectivity index (χ4v) is 2.58. The van der Waals surface area contributed by atoms with E-state index in [1.165, 1.54) is 29.2 Å². The van der Waals surface area contributed by atoms with Crippen LogP contribution >= 0.6 is 0 Å². The number of carboxylic acid groups (broad SMARTS) is 1. The Bertz CT molecular complexity index is 708. The van der Waals surface area contributed by atoms with Crippen molar-refractivity contribution in [2.45, 2.75) is 12.5 Å². The highest BCUT2D eigenvalue weighted by molar-refractivity contribution is 6.10. The third-order valence-electron chi connectivity index (χ3n) is 3.59. The van der Waals surface area contributed by atoms with E-state index in [1.807, 2.05) is 12.1 Å². The number of hydrogen-bond donors (Lipinski definition) is 2. The van der Waals surface area contributed by atoms with Crippen molar-refractivity contribution in [3.63, 3.8) is 0 Å². The van der Waals surface area contributed by atoms with Crippen molar-refractivity contribution >= 4 is 17.6 Å². The minimum atomic E-state index is -1.03. The molecule has 1 amide bonds. The van der Waals surface area contributed by atoms with E-state index in [0.29, 0.717) is 17.7 Å². The molecular formula is C16H13NO4. The van der Waals surface area contributed by atoms with Gasteiger partial charge in [-0.05, 0) is 35.9 Å². The van der Waals surface area contributed by atoms with Gasteiger partial charge in [-0.3, -0.25) is 9.69 Å². The van der Waals surface area contributed by atoms with Crippen molar-refractivity contribution in [1.29, 1.82) is 0 Å². The minimum Gasteiger partial charge on any atom is -0.508 e. The molecule has 0 spiro atoms. The number of rotatable bonds is 2. The maximum absolute atomic E-state index is 12.6. The summed E-state index contributed by atoms with van der Waals surface area (Å²) in [7, 11) is 0. The first-order valence-corrected chi connectivity index (χ1v) is 6.51. The van der Waals surface area contributed by atoms with Crippen molar-refractivity contribution in [2.24, 2.45) is 0 Å². The zero-order valence-electron chi connectivity index (χ0n) is 11.1. The molecule has 1 atom stereocenters. The predicted molar refractivity (Wildman–Crippen MR) is 76.5 cm³/mol. The summed E-state index contributed by atoms with van der Waals surface area (Å²) in [5, 5.41) is 18.6. The van der Waals surface area contributed by atoms with Crippen LogP contribution in [0, 0.1) is 0 Å². The second kappa shape index (κ2) is 4.94. The number of nitrogens with zero attached hydrogens (tertiary/aromatic N) is 1. The molecule has 21 heavy (non-hydrogen) atoms. The second-order valence-electron chi connectivity index (χ2n) is 4.91. The highest BCUT2D eigenvalue weighted by Crippen LogP contribution is 2.33. The smallest absolute Gasteiger partial charge is 0.327 e. The Labute approximate surface area is 121 Å². The maximum atomic E-state index is 12.6. The normalized spacial score (nSPS) is 16.6. The summed E-state index contributed by atoms with van der Waals surface area (Å²) in [6.07, 6.45) is 0.301. The minimum absolute atomic E-state index is 0.0585. The quantitative estimate of drug-likeness (QED) is 0.884. The van der Waals surface area contributed by atoms with E-state index in [2.05, 4.69) is 0 Å². The average Bonchev–Trinajstić information content (AvgIpc) is 2.87. The Kier molecular flexibility index (Phi) is 3.10. The summed E-state index contributed by atoms with van der Waals surface area (Å²) in [4.78, 5) is 25.4. The van der Waals surface area contributed by atoms with Crippen molar-refractivity contribution in [3.8, 4) is 5.75 Å². The molecule has 2 N–H and O–H groups in total. The molecule has 106 valence electrons. The first-order valence-electron chi connectivity index (χ1n) is 6.51. The number of benzene rings is 2. The van der Waals surface area contributed by atoms with E-state index in [-0.39, 0.29) is 11.7 Å². The Balaban J connectivity index is 2.03.